The molecule has 1 saturated heterocycles. The molecule has 1 fully saturated rings. The van der Waals surface area contributed by atoms with Gasteiger partial charge in [-0.3, -0.25) is 4.79 Å². The minimum Gasteiger partial charge on any atom is -0.376 e. The third-order valence-electron chi connectivity index (χ3n) is 4.27. The van der Waals surface area contributed by atoms with Crippen LogP contribution in [0.1, 0.15) is 34.6 Å². The van der Waals surface area contributed by atoms with Crippen LogP contribution in [-0.2, 0) is 11.3 Å². The number of nitrogen functional groups attached to an aromatic ring is 2. The number of ether oxygens (including phenoxy) is 1. The maximum absolute atomic E-state index is 12.6. The molecule has 0 spiro atoms. The number of nitrogens with two attached hydrogens (primary N) is 2. The van der Waals surface area contributed by atoms with E-state index in [0.717, 1.165) is 42.9 Å². The molecule has 2 aromatic rings. The first-order valence-corrected chi connectivity index (χ1v) is 9.14. The van der Waals surface area contributed by atoms with Crippen molar-refractivity contribution in [3.05, 3.63) is 23.0 Å². The summed E-state index contributed by atoms with van der Waals surface area (Å²) in [4.78, 5) is 24.3. The summed E-state index contributed by atoms with van der Waals surface area (Å²) in [6.07, 6.45) is 2.40. The maximum Gasteiger partial charge on any atom is 0.225 e. The number of carbonyl (C=O) groups excluding carboxylic acids is 1. The minimum absolute atomic E-state index is 0.0224. The summed E-state index contributed by atoms with van der Waals surface area (Å²) < 4.78 is 7.87. The van der Waals surface area contributed by atoms with E-state index in [0.29, 0.717) is 5.16 Å². The number of anilines is 2. The first-order chi connectivity index (χ1) is 11.9. The van der Waals surface area contributed by atoms with Crippen LogP contribution in [0.5, 0.6) is 0 Å². The van der Waals surface area contributed by atoms with E-state index < -0.39 is 0 Å². The van der Waals surface area contributed by atoms with Crippen molar-refractivity contribution in [3.63, 3.8) is 0 Å². The van der Waals surface area contributed by atoms with Gasteiger partial charge >= 0.3 is 0 Å². The molecule has 0 radical (unpaired) electrons. The summed E-state index contributed by atoms with van der Waals surface area (Å²) in [7, 11) is 0. The Morgan fingerprint density at radius 3 is 2.68 bits per heavy atom. The molecule has 134 valence electrons. The highest BCUT2D eigenvalue weighted by molar-refractivity contribution is 7.99. The highest BCUT2D eigenvalue weighted by atomic mass is 32.2. The van der Waals surface area contributed by atoms with Crippen LogP contribution in [0, 0.1) is 13.8 Å². The lowest BCUT2D eigenvalue weighted by molar-refractivity contribution is 0.0957. The van der Waals surface area contributed by atoms with E-state index in [1.807, 2.05) is 19.9 Å². The average Bonchev–Trinajstić information content (AvgIpc) is 3.15. The summed E-state index contributed by atoms with van der Waals surface area (Å²) in [5.74, 6) is 0.344. The van der Waals surface area contributed by atoms with Gasteiger partial charge in [0.2, 0.25) is 11.9 Å². The molecular formula is C16H22N6O2S. The molecule has 8 nitrogen and oxygen atoms in total. The Morgan fingerprint density at radius 1 is 1.32 bits per heavy atom. The summed E-state index contributed by atoms with van der Waals surface area (Å²) in [6, 6.07) is 1.93. The number of thioether (sulfide) groups is 1. The molecule has 0 amide bonds. The molecule has 3 heterocycles. The molecule has 1 aliphatic heterocycles. The molecule has 0 aliphatic carbocycles. The Morgan fingerprint density at radius 2 is 2.04 bits per heavy atom. The molecule has 0 bridgehead atoms. The van der Waals surface area contributed by atoms with Gasteiger partial charge in [-0.25, -0.2) is 0 Å². The minimum atomic E-state index is 0.0224. The van der Waals surface area contributed by atoms with Crippen molar-refractivity contribution >= 4 is 29.4 Å². The monoisotopic (exact) mass is 362 g/mol. The van der Waals surface area contributed by atoms with Gasteiger partial charge in [-0.15, -0.1) is 0 Å². The topological polar surface area (TPSA) is 122 Å². The molecule has 25 heavy (non-hydrogen) atoms. The fourth-order valence-electron chi connectivity index (χ4n) is 3.02. The molecule has 0 unspecified atom stereocenters. The van der Waals surface area contributed by atoms with E-state index in [4.69, 9.17) is 16.2 Å². The van der Waals surface area contributed by atoms with Crippen molar-refractivity contribution in [2.45, 2.75) is 44.5 Å². The predicted octanol–water partition coefficient (Wildman–Crippen LogP) is 1.61. The second-order valence-electron chi connectivity index (χ2n) is 6.08. The lowest BCUT2D eigenvalue weighted by Crippen LogP contribution is -2.17. The van der Waals surface area contributed by atoms with Crippen LogP contribution in [0.2, 0.25) is 0 Å². The lowest BCUT2D eigenvalue weighted by Gasteiger charge is -2.14. The largest absolute Gasteiger partial charge is 0.376 e. The van der Waals surface area contributed by atoms with Crippen LogP contribution in [0.25, 0.3) is 0 Å². The Kier molecular flexibility index (Phi) is 5.24. The van der Waals surface area contributed by atoms with Crippen molar-refractivity contribution in [1.82, 2.24) is 19.5 Å². The number of nitrogens with zero attached hydrogens (tertiary/aromatic N) is 4. The van der Waals surface area contributed by atoms with E-state index in [1.165, 1.54) is 11.8 Å². The van der Waals surface area contributed by atoms with Gasteiger partial charge in [-0.05, 0) is 32.8 Å². The molecule has 0 aromatic carbocycles. The molecule has 4 N–H and O–H groups in total. The summed E-state index contributed by atoms with van der Waals surface area (Å²) in [5.41, 5.74) is 13.8. The van der Waals surface area contributed by atoms with Crippen LogP contribution in [0.3, 0.4) is 0 Å². The Labute approximate surface area is 150 Å². The molecule has 0 saturated carbocycles. The number of hydrogen-bond donors (Lipinski definition) is 2. The molecule has 1 atom stereocenters. The van der Waals surface area contributed by atoms with Gasteiger partial charge in [0.1, 0.15) is 0 Å². The summed E-state index contributed by atoms with van der Waals surface area (Å²) >= 11 is 1.20. The van der Waals surface area contributed by atoms with Crippen LogP contribution >= 0.6 is 11.8 Å². The number of aromatic nitrogens is 4. The van der Waals surface area contributed by atoms with E-state index in [2.05, 4.69) is 19.5 Å². The fraction of sp³-hybridized carbons (Fsp3) is 0.500. The second kappa shape index (κ2) is 7.40. The fourth-order valence-corrected chi connectivity index (χ4v) is 3.75. The zero-order valence-corrected chi connectivity index (χ0v) is 15.2. The highest BCUT2D eigenvalue weighted by Gasteiger charge is 2.21. The van der Waals surface area contributed by atoms with Crippen LogP contribution in [-0.4, -0.2) is 43.8 Å². The molecule has 3 rings (SSSR count). The number of carbonyl (C=O) groups is 1. The van der Waals surface area contributed by atoms with Gasteiger partial charge < -0.3 is 20.8 Å². The molecule has 9 heteroatoms. The van der Waals surface area contributed by atoms with Crippen molar-refractivity contribution in [1.29, 1.82) is 0 Å². The lowest BCUT2D eigenvalue weighted by atomic mass is 10.2. The second-order valence-corrected chi connectivity index (χ2v) is 7.02. The third kappa shape index (κ3) is 4.10. The van der Waals surface area contributed by atoms with Gasteiger partial charge in [0, 0.05) is 30.1 Å². The normalized spacial score (nSPS) is 17.1. The Hall–Kier alpha value is -2.13. The van der Waals surface area contributed by atoms with Gasteiger partial charge in [-0.1, -0.05) is 11.8 Å². The number of hydrogen-bond acceptors (Lipinski definition) is 8. The van der Waals surface area contributed by atoms with E-state index >= 15 is 0 Å². The predicted molar refractivity (Wildman–Crippen MR) is 96.6 cm³/mol. The van der Waals surface area contributed by atoms with Crippen LogP contribution in [0.15, 0.2) is 11.2 Å². The zero-order chi connectivity index (χ0) is 18.0. The van der Waals surface area contributed by atoms with Crippen molar-refractivity contribution in [2.75, 3.05) is 23.8 Å². The van der Waals surface area contributed by atoms with Crippen molar-refractivity contribution < 1.29 is 9.53 Å². The summed E-state index contributed by atoms with van der Waals surface area (Å²) in [6.45, 7) is 5.60. The first kappa shape index (κ1) is 17.7. The molecular weight excluding hydrogens is 340 g/mol. The first-order valence-electron chi connectivity index (χ1n) is 8.15. The zero-order valence-electron chi connectivity index (χ0n) is 14.4. The third-order valence-corrected chi connectivity index (χ3v) is 5.11. The highest BCUT2D eigenvalue weighted by Crippen LogP contribution is 2.23. The summed E-state index contributed by atoms with van der Waals surface area (Å²) in [5, 5.41) is 0.353. The Bertz CT molecular complexity index is 765. The molecule has 2 aromatic heterocycles. The number of Topliss-reactive ketones (excluding diaryl/α,β-unsaturated/α-hetero) is 1. The molecule has 1 aliphatic rings. The maximum atomic E-state index is 12.6. The number of ketones is 1. The Balaban J connectivity index is 1.69. The van der Waals surface area contributed by atoms with Crippen molar-refractivity contribution in [3.8, 4) is 0 Å². The van der Waals surface area contributed by atoms with Gasteiger partial charge in [0.15, 0.2) is 10.9 Å². The average molecular weight is 362 g/mol. The standard InChI is InChI=1S/C16H22N6O2S/c1-9-6-12(10(2)22(9)7-11-4-3-5-24-11)13(23)8-25-16-20-14(17)19-15(18)21-16/h6,11H,3-5,7-8H2,1-2H3,(H4,17,18,19,20,21)/t11-/m0/s1. The smallest absolute Gasteiger partial charge is 0.225 e. The van der Waals surface area contributed by atoms with Crippen LogP contribution in [0.4, 0.5) is 11.9 Å². The SMILES string of the molecule is Cc1cc(C(=O)CSc2nc(N)nc(N)n2)c(C)n1C[C@@H]1CCCO1. The van der Waals surface area contributed by atoms with E-state index in [9.17, 15) is 4.79 Å². The quantitative estimate of drug-likeness (QED) is 0.587. The van der Waals surface area contributed by atoms with Gasteiger partial charge in [-0.2, -0.15) is 15.0 Å². The van der Waals surface area contributed by atoms with E-state index in [1.54, 1.807) is 0 Å². The van der Waals surface area contributed by atoms with Crippen molar-refractivity contribution in [2.24, 2.45) is 0 Å². The van der Waals surface area contributed by atoms with Gasteiger partial charge in [0.05, 0.1) is 11.9 Å². The van der Waals surface area contributed by atoms with Crippen LogP contribution < -0.4 is 11.5 Å². The van der Waals surface area contributed by atoms with Gasteiger partial charge in [0.25, 0.3) is 0 Å². The number of rotatable bonds is 6. The number of aryl methyl sites for hydroxylation is 1. The van der Waals surface area contributed by atoms with E-state index in [-0.39, 0.29) is 29.5 Å².